The maximum atomic E-state index is 12.7. The number of nitrogens with one attached hydrogen (secondary N) is 1. The molecule has 11 nitrogen and oxygen atoms in total. The maximum absolute atomic E-state index is 12.7. The van der Waals surface area contributed by atoms with Crippen LogP contribution in [0.3, 0.4) is 0 Å². The molecule has 1 amide bonds. The van der Waals surface area contributed by atoms with Crippen molar-refractivity contribution in [3.05, 3.63) is 65.0 Å². The van der Waals surface area contributed by atoms with Crippen LogP contribution in [0.25, 0.3) is 0 Å². The summed E-state index contributed by atoms with van der Waals surface area (Å²) in [5, 5.41) is 29.1. The Balaban J connectivity index is 2.34. The topological polar surface area (TPSA) is 156 Å². The summed E-state index contributed by atoms with van der Waals surface area (Å²) in [6, 6.07) is 10.3. The van der Waals surface area contributed by atoms with E-state index in [0.717, 1.165) is 0 Å². The highest BCUT2D eigenvalue weighted by molar-refractivity contribution is 6.04. The van der Waals surface area contributed by atoms with Crippen molar-refractivity contribution in [3.63, 3.8) is 0 Å². The van der Waals surface area contributed by atoms with Gasteiger partial charge >= 0.3 is 11.9 Å². The molecular formula is C22H23N3O8. The fourth-order valence-electron chi connectivity index (χ4n) is 2.56. The number of allylic oxidation sites excluding steroid dienone is 1. The number of benzene rings is 2. The molecule has 0 bridgehead atoms. The van der Waals surface area contributed by atoms with E-state index in [9.17, 15) is 19.5 Å². The zero-order valence-corrected chi connectivity index (χ0v) is 18.2. The van der Waals surface area contributed by atoms with E-state index < -0.39 is 29.3 Å². The van der Waals surface area contributed by atoms with Crippen molar-refractivity contribution < 1.29 is 38.8 Å². The van der Waals surface area contributed by atoms with Gasteiger partial charge in [-0.1, -0.05) is 12.1 Å². The number of ether oxygens (including phenoxy) is 3. The normalized spacial score (nSPS) is 11.5. The second kappa shape index (κ2) is 12.0. The molecule has 0 radical (unpaired) electrons. The van der Waals surface area contributed by atoms with Crippen molar-refractivity contribution in [3.8, 4) is 5.75 Å². The lowest BCUT2D eigenvalue weighted by Crippen LogP contribution is -2.16. The van der Waals surface area contributed by atoms with Crippen LogP contribution >= 0.6 is 0 Å². The summed E-state index contributed by atoms with van der Waals surface area (Å²) in [4.78, 5) is 36.5. The molecule has 0 aliphatic rings. The van der Waals surface area contributed by atoms with E-state index >= 15 is 0 Å². The first-order valence-corrected chi connectivity index (χ1v) is 9.58. The molecule has 2 aromatic carbocycles. The summed E-state index contributed by atoms with van der Waals surface area (Å²) < 4.78 is 14.7. The van der Waals surface area contributed by atoms with Crippen molar-refractivity contribution in [1.82, 2.24) is 0 Å². The van der Waals surface area contributed by atoms with Gasteiger partial charge < -0.3 is 29.7 Å². The highest BCUT2D eigenvalue weighted by Crippen LogP contribution is 2.25. The van der Waals surface area contributed by atoms with Crippen LogP contribution in [0.5, 0.6) is 5.75 Å². The van der Waals surface area contributed by atoms with Crippen LogP contribution in [0.2, 0.25) is 0 Å². The Kier molecular flexibility index (Phi) is 9.06. The molecule has 33 heavy (non-hydrogen) atoms. The molecule has 3 N–H and O–H groups in total. The van der Waals surface area contributed by atoms with E-state index in [-0.39, 0.29) is 35.7 Å². The number of carbonyl (C=O) groups is 3. The molecule has 0 spiro atoms. The Morgan fingerprint density at radius 3 is 2.15 bits per heavy atom. The van der Waals surface area contributed by atoms with E-state index in [0.29, 0.717) is 5.75 Å². The smallest absolute Gasteiger partial charge is 0.337 e. The van der Waals surface area contributed by atoms with Crippen molar-refractivity contribution in [2.24, 2.45) is 10.2 Å². The lowest BCUT2D eigenvalue weighted by molar-refractivity contribution is -0.113. The summed E-state index contributed by atoms with van der Waals surface area (Å²) >= 11 is 0. The molecule has 0 atom stereocenters. The van der Waals surface area contributed by atoms with Crippen LogP contribution in [0.4, 0.5) is 11.4 Å². The quantitative estimate of drug-likeness (QED) is 0.224. The number of rotatable bonds is 9. The van der Waals surface area contributed by atoms with Gasteiger partial charge in [0.25, 0.3) is 5.91 Å². The number of hydrogen-bond acceptors (Lipinski definition) is 10. The average molecular weight is 457 g/mol. The van der Waals surface area contributed by atoms with Gasteiger partial charge in [0.05, 0.1) is 43.3 Å². The molecule has 0 aliphatic heterocycles. The predicted molar refractivity (Wildman–Crippen MR) is 117 cm³/mol. The Bertz CT molecular complexity index is 1060. The fourth-order valence-corrected chi connectivity index (χ4v) is 2.56. The monoisotopic (exact) mass is 457 g/mol. The summed E-state index contributed by atoms with van der Waals surface area (Å²) in [6.07, 6.45) is 0. The fraction of sp³-hybridized carbons (Fsp3) is 0.227. The van der Waals surface area contributed by atoms with Crippen LogP contribution in [-0.4, -0.2) is 55.5 Å². The number of para-hydroxylation sites is 2. The average Bonchev–Trinajstić information content (AvgIpc) is 2.82. The predicted octanol–water partition coefficient (Wildman–Crippen LogP) is 3.14. The number of aliphatic hydroxyl groups is 2. The third kappa shape index (κ3) is 6.87. The zero-order chi connectivity index (χ0) is 24.4. The van der Waals surface area contributed by atoms with Gasteiger partial charge in [0.1, 0.15) is 18.1 Å². The van der Waals surface area contributed by atoms with Crippen molar-refractivity contribution in [2.75, 3.05) is 32.8 Å². The molecule has 11 heteroatoms. The number of methoxy groups -OCH3 is 2. The van der Waals surface area contributed by atoms with Crippen molar-refractivity contribution >= 4 is 29.2 Å². The summed E-state index contributed by atoms with van der Waals surface area (Å²) in [7, 11) is 2.35. The molecule has 0 aliphatic carbocycles. The number of azo groups is 1. The van der Waals surface area contributed by atoms with Crippen molar-refractivity contribution in [2.45, 2.75) is 6.92 Å². The number of esters is 2. The van der Waals surface area contributed by atoms with Crippen LogP contribution in [-0.2, 0) is 14.3 Å². The lowest BCUT2D eigenvalue weighted by Gasteiger charge is -2.12. The second-order valence-electron chi connectivity index (χ2n) is 6.41. The molecule has 0 saturated carbocycles. The van der Waals surface area contributed by atoms with Gasteiger partial charge in [-0.3, -0.25) is 4.79 Å². The van der Waals surface area contributed by atoms with Gasteiger partial charge in [-0.2, -0.15) is 5.11 Å². The molecular weight excluding hydrogens is 434 g/mol. The molecule has 0 aromatic heterocycles. The SMILES string of the molecule is COC(=O)c1cc(N=NC(C(=O)Nc2ccccc2OCCO)=C(C)O)cc(C(=O)OC)c1. The van der Waals surface area contributed by atoms with Gasteiger partial charge in [-0.25, -0.2) is 9.59 Å². The molecule has 0 unspecified atom stereocenters. The van der Waals surface area contributed by atoms with Crippen LogP contribution < -0.4 is 10.1 Å². The first kappa shape index (κ1) is 25.0. The Morgan fingerprint density at radius 2 is 1.61 bits per heavy atom. The van der Waals surface area contributed by atoms with E-state index in [4.69, 9.17) is 9.84 Å². The number of carbonyl (C=O) groups excluding carboxylic acids is 3. The second-order valence-corrected chi connectivity index (χ2v) is 6.41. The Labute approximate surface area is 189 Å². The van der Waals surface area contributed by atoms with Crippen LogP contribution in [0, 0.1) is 0 Å². The summed E-state index contributed by atoms with van der Waals surface area (Å²) in [5.74, 6) is -2.36. The molecule has 174 valence electrons. The summed E-state index contributed by atoms with van der Waals surface area (Å²) in [6.45, 7) is 1.05. The first-order chi connectivity index (χ1) is 15.8. The van der Waals surface area contributed by atoms with E-state index in [1.54, 1.807) is 24.3 Å². The van der Waals surface area contributed by atoms with Crippen molar-refractivity contribution in [1.29, 1.82) is 0 Å². The molecule has 0 saturated heterocycles. The molecule has 0 heterocycles. The Morgan fingerprint density at radius 1 is 1.00 bits per heavy atom. The number of amides is 1. The number of hydrogen-bond donors (Lipinski definition) is 3. The zero-order valence-electron chi connectivity index (χ0n) is 18.2. The third-order valence-electron chi connectivity index (χ3n) is 4.07. The minimum absolute atomic E-state index is 0.0139. The van der Waals surface area contributed by atoms with Crippen LogP contribution in [0.1, 0.15) is 27.6 Å². The number of nitrogens with zero attached hydrogens (tertiary/aromatic N) is 2. The van der Waals surface area contributed by atoms with Gasteiger partial charge in [-0.15, -0.1) is 5.11 Å². The highest BCUT2D eigenvalue weighted by Gasteiger charge is 2.17. The summed E-state index contributed by atoms with van der Waals surface area (Å²) in [5.41, 5.74) is -0.0721. The van der Waals surface area contributed by atoms with Gasteiger partial charge in [0.2, 0.25) is 0 Å². The standard InChI is InChI=1S/C22H23N3O8/c1-13(27)19(20(28)23-17-6-4-5-7-18(17)33-9-8-26)25-24-16-11-14(21(29)31-2)10-15(12-16)22(30)32-3/h4-7,10-12,26-27H,8-9H2,1-3H3,(H,23,28). The van der Waals surface area contributed by atoms with E-state index in [2.05, 4.69) is 25.0 Å². The molecule has 0 fully saturated rings. The van der Waals surface area contributed by atoms with E-state index in [1.165, 1.54) is 39.3 Å². The highest BCUT2D eigenvalue weighted by atomic mass is 16.5. The number of anilines is 1. The van der Waals surface area contributed by atoms with Gasteiger partial charge in [0.15, 0.2) is 5.70 Å². The maximum Gasteiger partial charge on any atom is 0.337 e. The number of aliphatic hydroxyl groups excluding tert-OH is 2. The first-order valence-electron chi connectivity index (χ1n) is 9.58. The third-order valence-corrected chi connectivity index (χ3v) is 4.07. The molecule has 2 rings (SSSR count). The Hall–Kier alpha value is -4.25. The largest absolute Gasteiger partial charge is 0.510 e. The minimum Gasteiger partial charge on any atom is -0.510 e. The molecule has 2 aromatic rings. The lowest BCUT2D eigenvalue weighted by atomic mass is 10.1. The van der Waals surface area contributed by atoms with Gasteiger partial charge in [0, 0.05) is 0 Å². The minimum atomic E-state index is -0.795. The van der Waals surface area contributed by atoms with Gasteiger partial charge in [-0.05, 0) is 37.3 Å². The van der Waals surface area contributed by atoms with E-state index in [1.807, 2.05) is 0 Å². The van der Waals surface area contributed by atoms with Crippen LogP contribution in [0.15, 0.2) is 64.1 Å².